The van der Waals surface area contributed by atoms with Crippen molar-refractivity contribution in [2.45, 2.75) is 12.6 Å². The number of hydrogen-bond donors (Lipinski definition) is 1. The topological polar surface area (TPSA) is 12.0 Å². The fourth-order valence-corrected chi connectivity index (χ4v) is 1.17. The molecular weight excluding hydrogens is 215 g/mol. The molecule has 0 fully saturated rings. The van der Waals surface area contributed by atoms with E-state index in [0.717, 1.165) is 12.1 Å². The fraction of sp³-hybridized carbons (Fsp3) is 0.333. The third kappa shape index (κ3) is 3.95. The number of benzene rings is 1. The van der Waals surface area contributed by atoms with Crippen LogP contribution in [0.15, 0.2) is 24.3 Å². The Bertz CT molecular complexity index is 399. The van der Waals surface area contributed by atoms with E-state index in [1.54, 1.807) is 13.1 Å². The molecule has 0 aliphatic carbocycles. The predicted octanol–water partition coefficient (Wildman–Crippen LogP) is 2.47. The first-order chi connectivity index (χ1) is 7.54. The molecule has 0 unspecified atom stereocenters. The fourth-order valence-electron chi connectivity index (χ4n) is 1.17. The highest BCUT2D eigenvalue weighted by molar-refractivity contribution is 5.28. The molecule has 1 aromatic rings. The molecule has 1 aromatic carbocycles. The molecular formula is C12H12F3N. The van der Waals surface area contributed by atoms with Gasteiger partial charge in [0, 0.05) is 6.42 Å². The molecule has 0 aromatic heterocycles. The second-order valence-electron chi connectivity index (χ2n) is 3.26. The summed E-state index contributed by atoms with van der Waals surface area (Å²) in [5.41, 5.74) is -0.0427. The summed E-state index contributed by atoms with van der Waals surface area (Å²) < 4.78 is 37.1. The van der Waals surface area contributed by atoms with Crippen LogP contribution < -0.4 is 5.32 Å². The van der Waals surface area contributed by atoms with E-state index in [0.29, 0.717) is 18.5 Å². The second-order valence-corrected chi connectivity index (χ2v) is 3.26. The molecule has 16 heavy (non-hydrogen) atoms. The lowest BCUT2D eigenvalue weighted by molar-refractivity contribution is -0.137. The average Bonchev–Trinajstić information content (AvgIpc) is 2.24. The summed E-state index contributed by atoms with van der Waals surface area (Å²) in [5.74, 6) is 5.60. The third-order valence-electron chi connectivity index (χ3n) is 1.94. The summed E-state index contributed by atoms with van der Waals surface area (Å²) in [6.45, 7) is 0.541. The van der Waals surface area contributed by atoms with Crippen molar-refractivity contribution in [3.8, 4) is 11.8 Å². The summed E-state index contributed by atoms with van der Waals surface area (Å²) >= 11 is 0. The van der Waals surface area contributed by atoms with Gasteiger partial charge in [0.25, 0.3) is 0 Å². The van der Waals surface area contributed by atoms with Crippen LogP contribution in [0.4, 0.5) is 13.2 Å². The molecule has 0 radical (unpaired) electrons. The van der Waals surface area contributed by atoms with Crippen molar-refractivity contribution in [3.05, 3.63) is 35.4 Å². The van der Waals surface area contributed by atoms with Crippen molar-refractivity contribution in [1.82, 2.24) is 5.32 Å². The van der Waals surface area contributed by atoms with Crippen LogP contribution in [0.25, 0.3) is 0 Å². The smallest absolute Gasteiger partial charge is 0.309 e. The molecule has 1 N–H and O–H groups in total. The van der Waals surface area contributed by atoms with E-state index >= 15 is 0 Å². The summed E-state index contributed by atoms with van der Waals surface area (Å²) in [6, 6.07) is 5.24. The highest BCUT2D eigenvalue weighted by Gasteiger charge is 2.30. The summed E-state index contributed by atoms with van der Waals surface area (Å²) in [7, 11) is 1.76. The van der Waals surface area contributed by atoms with Crippen LogP contribution in [0.1, 0.15) is 11.1 Å². The largest absolute Gasteiger partial charge is 0.416 e. The van der Waals surface area contributed by atoms with E-state index in [1.807, 2.05) is 0 Å². The van der Waals surface area contributed by atoms with Gasteiger partial charge in [-0.2, -0.15) is 13.2 Å². The normalized spacial score (nSPS) is 10.8. The molecule has 4 heteroatoms. The van der Waals surface area contributed by atoms with Crippen LogP contribution in [0, 0.1) is 11.8 Å². The van der Waals surface area contributed by atoms with Gasteiger partial charge in [0.15, 0.2) is 0 Å². The lowest BCUT2D eigenvalue weighted by Crippen LogP contribution is -2.05. The van der Waals surface area contributed by atoms with E-state index < -0.39 is 11.7 Å². The van der Waals surface area contributed by atoms with E-state index in [1.165, 1.54) is 6.07 Å². The molecule has 0 saturated carbocycles. The molecule has 0 amide bonds. The first-order valence-corrected chi connectivity index (χ1v) is 4.80. The van der Waals surface area contributed by atoms with Crippen molar-refractivity contribution in [2.24, 2.45) is 0 Å². The van der Waals surface area contributed by atoms with Crippen LogP contribution >= 0.6 is 0 Å². The molecule has 0 spiro atoms. The van der Waals surface area contributed by atoms with Gasteiger partial charge in [0.2, 0.25) is 0 Å². The number of halogens is 3. The van der Waals surface area contributed by atoms with Gasteiger partial charge in [0.05, 0.1) is 12.1 Å². The zero-order valence-corrected chi connectivity index (χ0v) is 8.86. The van der Waals surface area contributed by atoms with Crippen LogP contribution in [-0.2, 0) is 12.6 Å². The van der Waals surface area contributed by atoms with Crippen molar-refractivity contribution in [3.63, 3.8) is 0 Å². The van der Waals surface area contributed by atoms with Crippen LogP contribution in [0.5, 0.6) is 0 Å². The minimum Gasteiger partial charge on any atom is -0.309 e. The minimum atomic E-state index is -4.28. The van der Waals surface area contributed by atoms with Crippen molar-refractivity contribution >= 4 is 0 Å². The maximum Gasteiger partial charge on any atom is 0.416 e. The predicted molar refractivity (Wildman–Crippen MR) is 56.9 cm³/mol. The van der Waals surface area contributed by atoms with Crippen LogP contribution in [0.3, 0.4) is 0 Å². The third-order valence-corrected chi connectivity index (χ3v) is 1.94. The van der Waals surface area contributed by atoms with Gasteiger partial charge in [-0.1, -0.05) is 30.0 Å². The lowest BCUT2D eigenvalue weighted by atomic mass is 10.1. The van der Waals surface area contributed by atoms with Crippen molar-refractivity contribution in [2.75, 3.05) is 13.6 Å². The molecule has 0 atom stereocenters. The average molecular weight is 227 g/mol. The zero-order chi connectivity index (χ0) is 12.0. The summed E-state index contributed by atoms with van der Waals surface area (Å²) in [4.78, 5) is 0. The van der Waals surface area contributed by atoms with Gasteiger partial charge >= 0.3 is 6.18 Å². The van der Waals surface area contributed by atoms with Gasteiger partial charge < -0.3 is 5.32 Å². The maximum absolute atomic E-state index is 12.4. The summed E-state index contributed by atoms with van der Waals surface area (Å²) in [6.07, 6.45) is -3.94. The Morgan fingerprint density at radius 1 is 1.25 bits per heavy atom. The monoisotopic (exact) mass is 227 g/mol. The van der Waals surface area contributed by atoms with Gasteiger partial charge in [-0.3, -0.25) is 0 Å². The first-order valence-electron chi connectivity index (χ1n) is 4.80. The van der Waals surface area contributed by atoms with Crippen molar-refractivity contribution in [1.29, 1.82) is 0 Å². The highest BCUT2D eigenvalue weighted by Crippen LogP contribution is 2.29. The zero-order valence-electron chi connectivity index (χ0n) is 8.86. The number of nitrogens with one attached hydrogen (secondary N) is 1. The standard InChI is InChI=1S/C12H12F3N/c1-16-8-3-2-5-10-6-4-7-11(9-10)12(13,14)15/h4,6-7,9,16H,5,8H2,1H3. The molecule has 0 bridgehead atoms. The van der Waals surface area contributed by atoms with Crippen molar-refractivity contribution < 1.29 is 13.2 Å². The molecule has 1 nitrogen and oxygen atoms in total. The van der Waals surface area contributed by atoms with E-state index in [9.17, 15) is 13.2 Å². The summed E-state index contributed by atoms with van der Waals surface area (Å²) in [5, 5.41) is 2.84. The molecule has 0 aliphatic heterocycles. The Morgan fingerprint density at radius 3 is 2.62 bits per heavy atom. The Balaban J connectivity index is 2.73. The molecule has 0 aliphatic rings. The van der Waals surface area contributed by atoms with Gasteiger partial charge in [-0.05, 0) is 18.7 Å². The van der Waals surface area contributed by atoms with Gasteiger partial charge in [-0.15, -0.1) is 0 Å². The molecule has 1 rings (SSSR count). The molecule has 0 heterocycles. The highest BCUT2D eigenvalue weighted by atomic mass is 19.4. The van der Waals surface area contributed by atoms with Gasteiger partial charge in [0.1, 0.15) is 0 Å². The SMILES string of the molecule is CNCC#CCc1cccc(C(F)(F)F)c1. The Morgan fingerprint density at radius 2 is 2.00 bits per heavy atom. The minimum absolute atomic E-state index is 0.339. The lowest BCUT2D eigenvalue weighted by Gasteiger charge is -2.06. The number of rotatable bonds is 2. The van der Waals surface area contributed by atoms with Crippen LogP contribution in [0.2, 0.25) is 0 Å². The maximum atomic E-state index is 12.4. The van der Waals surface area contributed by atoms with E-state index in [4.69, 9.17) is 0 Å². The Labute approximate surface area is 92.7 Å². The van der Waals surface area contributed by atoms with Gasteiger partial charge in [-0.25, -0.2) is 0 Å². The first kappa shape index (κ1) is 12.6. The number of hydrogen-bond acceptors (Lipinski definition) is 1. The quantitative estimate of drug-likeness (QED) is 0.765. The Hall–Kier alpha value is -1.47. The number of alkyl halides is 3. The molecule has 86 valence electrons. The molecule has 0 saturated heterocycles. The van der Waals surface area contributed by atoms with Crippen LogP contribution in [-0.4, -0.2) is 13.6 Å². The Kier molecular flexibility index (Phi) is 4.39. The van der Waals surface area contributed by atoms with E-state index in [-0.39, 0.29) is 0 Å². The van der Waals surface area contributed by atoms with E-state index in [2.05, 4.69) is 17.2 Å². The second kappa shape index (κ2) is 5.57.